The lowest BCUT2D eigenvalue weighted by molar-refractivity contribution is -0.131. The first-order valence-corrected chi connectivity index (χ1v) is 10.1. The van der Waals surface area contributed by atoms with Crippen molar-refractivity contribution in [3.8, 4) is 5.75 Å². The second-order valence-corrected chi connectivity index (χ2v) is 7.75. The number of hydrogen-bond donors (Lipinski definition) is 1. The highest BCUT2D eigenvalue weighted by Crippen LogP contribution is 2.26. The number of nitrogens with zero attached hydrogens (tertiary/aromatic N) is 1. The van der Waals surface area contributed by atoms with Crippen LogP contribution in [0.5, 0.6) is 5.75 Å². The van der Waals surface area contributed by atoms with Gasteiger partial charge in [0, 0.05) is 24.6 Å². The zero-order chi connectivity index (χ0) is 20.2. The fraction of sp³-hybridized carbons (Fsp3) is 0.391. The van der Waals surface area contributed by atoms with Crippen LogP contribution in [0.2, 0.25) is 0 Å². The molecule has 29 heavy (non-hydrogen) atoms. The lowest BCUT2D eigenvalue weighted by Crippen LogP contribution is -2.33. The predicted molar refractivity (Wildman–Crippen MR) is 107 cm³/mol. The van der Waals surface area contributed by atoms with Gasteiger partial charge in [-0.05, 0) is 48.6 Å². The average molecular weight is 396 g/mol. The summed E-state index contributed by atoms with van der Waals surface area (Å²) in [6.07, 6.45) is 3.44. The van der Waals surface area contributed by atoms with E-state index >= 15 is 0 Å². The fourth-order valence-corrected chi connectivity index (χ4v) is 3.53. The van der Waals surface area contributed by atoms with E-state index < -0.39 is 0 Å². The maximum absolute atomic E-state index is 13.4. The van der Waals surface area contributed by atoms with E-state index in [0.717, 1.165) is 29.7 Å². The summed E-state index contributed by atoms with van der Waals surface area (Å²) in [6, 6.07) is 12.4. The molecule has 1 heterocycles. The number of rotatable bonds is 6. The van der Waals surface area contributed by atoms with E-state index in [4.69, 9.17) is 4.74 Å². The molecule has 4 rings (SSSR count). The van der Waals surface area contributed by atoms with E-state index in [1.807, 2.05) is 18.2 Å². The second kappa shape index (κ2) is 8.64. The van der Waals surface area contributed by atoms with Crippen LogP contribution in [-0.4, -0.2) is 35.9 Å². The lowest BCUT2D eigenvalue weighted by Gasteiger charge is -2.20. The van der Waals surface area contributed by atoms with Crippen molar-refractivity contribution in [1.29, 1.82) is 0 Å². The molecule has 1 N–H and O–H groups in total. The van der Waals surface area contributed by atoms with Crippen LogP contribution in [0.15, 0.2) is 42.5 Å². The topological polar surface area (TPSA) is 58.6 Å². The maximum Gasteiger partial charge on any atom is 0.227 e. The van der Waals surface area contributed by atoms with Gasteiger partial charge in [-0.2, -0.15) is 0 Å². The molecule has 2 aromatic carbocycles. The molecule has 0 unspecified atom stereocenters. The standard InChI is InChI=1S/C23H25FN2O3/c24-19-3-1-2-17(13-19)14-23(28)26-10-11-29-21-8-4-16(12-18(21)15-26)5-9-22(27)25-20-6-7-20/h1-4,8,12-13,20H,5-7,9-11,14-15H2,(H,25,27). The summed E-state index contributed by atoms with van der Waals surface area (Å²) in [6.45, 7) is 1.36. The van der Waals surface area contributed by atoms with Crippen molar-refractivity contribution >= 4 is 11.8 Å². The van der Waals surface area contributed by atoms with Gasteiger partial charge >= 0.3 is 0 Å². The third-order valence-electron chi connectivity index (χ3n) is 5.29. The molecule has 2 amide bonds. The lowest BCUT2D eigenvalue weighted by atomic mass is 10.0. The van der Waals surface area contributed by atoms with Gasteiger partial charge < -0.3 is 15.0 Å². The van der Waals surface area contributed by atoms with Gasteiger partial charge in [0.2, 0.25) is 11.8 Å². The molecular formula is C23H25FN2O3. The molecule has 0 radical (unpaired) electrons. The molecule has 152 valence electrons. The van der Waals surface area contributed by atoms with Crippen LogP contribution >= 0.6 is 0 Å². The number of benzene rings is 2. The molecular weight excluding hydrogens is 371 g/mol. The minimum Gasteiger partial charge on any atom is -0.491 e. The first kappa shape index (κ1) is 19.4. The molecule has 0 spiro atoms. The summed E-state index contributed by atoms with van der Waals surface area (Å²) in [4.78, 5) is 26.4. The quantitative estimate of drug-likeness (QED) is 0.817. The molecule has 6 heteroatoms. The van der Waals surface area contributed by atoms with Crippen molar-refractivity contribution in [1.82, 2.24) is 10.2 Å². The Bertz CT molecular complexity index is 911. The van der Waals surface area contributed by atoms with Crippen molar-refractivity contribution in [2.24, 2.45) is 0 Å². The third-order valence-corrected chi connectivity index (χ3v) is 5.29. The predicted octanol–water partition coefficient (Wildman–Crippen LogP) is 3.00. The van der Waals surface area contributed by atoms with E-state index in [2.05, 4.69) is 5.32 Å². The van der Waals surface area contributed by atoms with Crippen molar-refractivity contribution in [3.05, 3.63) is 65.0 Å². The largest absolute Gasteiger partial charge is 0.491 e. The van der Waals surface area contributed by atoms with Crippen LogP contribution in [0.1, 0.15) is 36.0 Å². The van der Waals surface area contributed by atoms with E-state index in [-0.39, 0.29) is 24.1 Å². The summed E-state index contributed by atoms with van der Waals surface area (Å²) in [7, 11) is 0. The number of halogens is 1. The van der Waals surface area contributed by atoms with Crippen LogP contribution in [0.3, 0.4) is 0 Å². The monoisotopic (exact) mass is 396 g/mol. The van der Waals surface area contributed by atoms with Gasteiger partial charge in [0.1, 0.15) is 18.2 Å². The Morgan fingerprint density at radius 2 is 2.00 bits per heavy atom. The zero-order valence-corrected chi connectivity index (χ0v) is 16.3. The molecule has 1 aliphatic heterocycles. The van der Waals surface area contributed by atoms with E-state index in [1.165, 1.54) is 12.1 Å². The highest BCUT2D eigenvalue weighted by atomic mass is 19.1. The van der Waals surface area contributed by atoms with Crippen LogP contribution in [0, 0.1) is 5.82 Å². The molecule has 0 saturated heterocycles. The molecule has 1 fully saturated rings. The Balaban J connectivity index is 1.40. The van der Waals surface area contributed by atoms with Crippen LogP contribution in [0.4, 0.5) is 4.39 Å². The van der Waals surface area contributed by atoms with Crippen molar-refractivity contribution in [3.63, 3.8) is 0 Å². The van der Waals surface area contributed by atoms with Crippen LogP contribution < -0.4 is 10.1 Å². The second-order valence-electron chi connectivity index (χ2n) is 7.75. The Morgan fingerprint density at radius 3 is 2.79 bits per heavy atom. The molecule has 2 aromatic rings. The maximum atomic E-state index is 13.4. The Hall–Kier alpha value is -2.89. The molecule has 0 aromatic heterocycles. The third kappa shape index (κ3) is 5.34. The Morgan fingerprint density at radius 1 is 1.14 bits per heavy atom. The number of ether oxygens (including phenoxy) is 1. The number of hydrogen-bond acceptors (Lipinski definition) is 3. The number of carbonyl (C=O) groups is 2. The number of nitrogens with one attached hydrogen (secondary N) is 1. The fourth-order valence-electron chi connectivity index (χ4n) is 3.53. The van der Waals surface area contributed by atoms with Gasteiger partial charge in [-0.3, -0.25) is 9.59 Å². The SMILES string of the molecule is O=C(CCc1ccc2c(c1)CN(C(=O)Cc1cccc(F)c1)CCO2)NC1CC1. The van der Waals surface area contributed by atoms with Gasteiger partial charge in [-0.15, -0.1) is 0 Å². The summed E-state index contributed by atoms with van der Waals surface area (Å²) < 4.78 is 19.2. The summed E-state index contributed by atoms with van der Waals surface area (Å²) in [5.74, 6) is 0.472. The molecule has 1 aliphatic carbocycles. The van der Waals surface area contributed by atoms with Gasteiger partial charge in [0.15, 0.2) is 0 Å². The smallest absolute Gasteiger partial charge is 0.227 e. The van der Waals surface area contributed by atoms with Gasteiger partial charge in [-0.25, -0.2) is 4.39 Å². The minimum atomic E-state index is -0.338. The molecule has 0 bridgehead atoms. The molecule has 2 aliphatic rings. The number of aryl methyl sites for hydroxylation is 1. The van der Waals surface area contributed by atoms with Gasteiger partial charge in [0.25, 0.3) is 0 Å². The van der Waals surface area contributed by atoms with Gasteiger partial charge in [0.05, 0.1) is 13.0 Å². The van der Waals surface area contributed by atoms with Crippen molar-refractivity contribution in [2.75, 3.05) is 13.2 Å². The first-order valence-electron chi connectivity index (χ1n) is 10.1. The van der Waals surface area contributed by atoms with Crippen LogP contribution in [-0.2, 0) is 29.0 Å². The summed E-state index contributed by atoms with van der Waals surface area (Å²) >= 11 is 0. The number of amides is 2. The highest BCUT2D eigenvalue weighted by molar-refractivity contribution is 5.79. The van der Waals surface area contributed by atoms with E-state index in [0.29, 0.717) is 44.1 Å². The van der Waals surface area contributed by atoms with Gasteiger partial charge in [-0.1, -0.05) is 24.3 Å². The molecule has 5 nitrogen and oxygen atoms in total. The summed E-state index contributed by atoms with van der Waals surface area (Å²) in [5.41, 5.74) is 2.66. The summed E-state index contributed by atoms with van der Waals surface area (Å²) in [5, 5.41) is 3.00. The molecule has 0 atom stereocenters. The van der Waals surface area contributed by atoms with E-state index in [1.54, 1.807) is 17.0 Å². The van der Waals surface area contributed by atoms with Crippen LogP contribution in [0.25, 0.3) is 0 Å². The Labute approximate surface area is 169 Å². The Kier molecular flexibility index (Phi) is 5.79. The average Bonchev–Trinajstić information content (AvgIpc) is 3.52. The normalized spacial score (nSPS) is 15.8. The van der Waals surface area contributed by atoms with Crippen molar-refractivity contribution < 1.29 is 18.7 Å². The molecule has 1 saturated carbocycles. The first-order chi connectivity index (χ1) is 14.1. The number of carbonyl (C=O) groups excluding carboxylic acids is 2. The minimum absolute atomic E-state index is 0.0544. The highest BCUT2D eigenvalue weighted by Gasteiger charge is 2.23. The zero-order valence-electron chi connectivity index (χ0n) is 16.3. The number of fused-ring (bicyclic) bond motifs is 1. The van der Waals surface area contributed by atoms with E-state index in [9.17, 15) is 14.0 Å². The van der Waals surface area contributed by atoms with Crippen molar-refractivity contribution in [2.45, 2.75) is 44.7 Å².